The fraction of sp³-hybridized carbons (Fsp3) is 0.308. The molecule has 0 atom stereocenters. The average Bonchev–Trinajstić information content (AvgIpc) is 2.68. The highest BCUT2D eigenvalue weighted by Gasteiger charge is 2.17. The van der Waals surface area contributed by atoms with Gasteiger partial charge in [-0.2, -0.15) is 0 Å². The monoisotopic (exact) mass is 374 g/mol. The summed E-state index contributed by atoms with van der Waals surface area (Å²) >= 11 is 1.91. The number of benzene rings is 3. The van der Waals surface area contributed by atoms with Gasteiger partial charge in [0.05, 0.1) is 0 Å². The first-order valence-electron chi connectivity index (χ1n) is 9.87. The molecule has 3 aromatic carbocycles. The zero-order valence-electron chi connectivity index (χ0n) is 17.1. The average molecular weight is 375 g/mol. The zero-order chi connectivity index (χ0) is 19.4. The van der Waals surface area contributed by atoms with E-state index in [-0.39, 0.29) is 5.41 Å². The van der Waals surface area contributed by atoms with Crippen LogP contribution in [0.3, 0.4) is 0 Å². The van der Waals surface area contributed by atoms with Crippen LogP contribution in [-0.2, 0) is 5.41 Å². The Balaban J connectivity index is 1.77. The third kappa shape index (κ3) is 4.84. The van der Waals surface area contributed by atoms with Gasteiger partial charge in [-0.25, -0.2) is 0 Å². The summed E-state index contributed by atoms with van der Waals surface area (Å²) in [6, 6.07) is 26.9. The second-order valence-corrected chi connectivity index (χ2v) is 9.73. The maximum Gasteiger partial charge on any atom is 0.00749 e. The van der Waals surface area contributed by atoms with Crippen LogP contribution in [0.4, 0.5) is 0 Å². The normalized spacial score (nSPS) is 11.8. The molecule has 0 N–H and O–H groups in total. The minimum atomic E-state index is 0.238. The molecule has 3 rings (SSSR count). The van der Waals surface area contributed by atoms with Crippen LogP contribution in [0.25, 0.3) is 22.3 Å². The van der Waals surface area contributed by atoms with E-state index < -0.39 is 0 Å². The minimum Gasteiger partial charge on any atom is -0.123 e. The number of hydrogen-bond acceptors (Lipinski definition) is 1. The van der Waals surface area contributed by atoms with Crippen LogP contribution in [0.1, 0.15) is 46.6 Å². The summed E-state index contributed by atoms with van der Waals surface area (Å²) < 4.78 is 0. The van der Waals surface area contributed by atoms with Crippen molar-refractivity contribution in [2.24, 2.45) is 0 Å². The van der Waals surface area contributed by atoms with E-state index in [0.717, 1.165) is 6.42 Å². The highest BCUT2D eigenvalue weighted by molar-refractivity contribution is 7.99. The van der Waals surface area contributed by atoms with Crippen LogP contribution in [-0.4, -0.2) is 5.25 Å². The number of hydrogen-bond donors (Lipinski definition) is 0. The highest BCUT2D eigenvalue weighted by Crippen LogP contribution is 2.31. The molecule has 1 heteroatoms. The van der Waals surface area contributed by atoms with Gasteiger partial charge in [0, 0.05) is 10.1 Å². The van der Waals surface area contributed by atoms with E-state index >= 15 is 0 Å². The van der Waals surface area contributed by atoms with Gasteiger partial charge in [-0.3, -0.25) is 0 Å². The van der Waals surface area contributed by atoms with Gasteiger partial charge in [-0.15, -0.1) is 11.8 Å². The van der Waals surface area contributed by atoms with Crippen molar-refractivity contribution < 1.29 is 0 Å². The molecular weight excluding hydrogens is 344 g/mol. The Bertz CT molecular complexity index is 854. The van der Waals surface area contributed by atoms with Crippen LogP contribution >= 0.6 is 11.8 Å². The highest BCUT2D eigenvalue weighted by atomic mass is 32.2. The Morgan fingerprint density at radius 2 is 1.04 bits per heavy atom. The molecule has 0 unspecified atom stereocenters. The number of thioether (sulfide) groups is 1. The van der Waals surface area contributed by atoms with Crippen LogP contribution in [0.2, 0.25) is 0 Å². The van der Waals surface area contributed by atoms with Gasteiger partial charge in [0.1, 0.15) is 0 Å². The standard InChI is InChI=1S/C26H30S/c1-6-26(4,5)24-15-11-22(12-16-24)20-7-9-21(10-8-20)23-13-17-25(18-14-23)27-19(2)3/h7-19H,6H2,1-5H3. The predicted molar refractivity (Wildman–Crippen MR) is 122 cm³/mol. The molecule has 0 fully saturated rings. The Morgan fingerprint density at radius 3 is 1.41 bits per heavy atom. The van der Waals surface area contributed by atoms with E-state index in [1.165, 1.54) is 32.7 Å². The van der Waals surface area contributed by atoms with Gasteiger partial charge in [0.25, 0.3) is 0 Å². The lowest BCUT2D eigenvalue weighted by molar-refractivity contribution is 0.506. The molecule has 0 saturated heterocycles. The summed E-state index contributed by atoms with van der Waals surface area (Å²) in [6.45, 7) is 11.3. The topological polar surface area (TPSA) is 0 Å². The summed E-state index contributed by atoms with van der Waals surface area (Å²) in [5.41, 5.74) is 6.73. The van der Waals surface area contributed by atoms with Crippen LogP contribution in [0, 0.1) is 0 Å². The molecule has 0 heterocycles. The Hall–Kier alpha value is -1.99. The lowest BCUT2D eigenvalue weighted by atomic mass is 9.82. The summed E-state index contributed by atoms with van der Waals surface area (Å²) in [6.07, 6.45) is 1.15. The summed E-state index contributed by atoms with van der Waals surface area (Å²) in [5.74, 6) is 0. The Kier molecular flexibility index (Phi) is 6.11. The van der Waals surface area contributed by atoms with Gasteiger partial charge in [-0.1, -0.05) is 95.3 Å². The van der Waals surface area contributed by atoms with Gasteiger partial charge >= 0.3 is 0 Å². The first kappa shape index (κ1) is 19.8. The molecule has 0 aromatic heterocycles. The second-order valence-electron chi connectivity index (χ2n) is 8.08. The summed E-state index contributed by atoms with van der Waals surface area (Å²) in [5, 5.41) is 0.615. The van der Waals surface area contributed by atoms with Gasteiger partial charge in [-0.05, 0) is 51.8 Å². The van der Waals surface area contributed by atoms with Crippen molar-refractivity contribution in [1.29, 1.82) is 0 Å². The van der Waals surface area contributed by atoms with E-state index in [0.29, 0.717) is 5.25 Å². The van der Waals surface area contributed by atoms with E-state index in [9.17, 15) is 0 Å². The van der Waals surface area contributed by atoms with Crippen molar-refractivity contribution in [3.8, 4) is 22.3 Å². The molecule has 0 amide bonds. The van der Waals surface area contributed by atoms with E-state index in [1.807, 2.05) is 11.8 Å². The molecule has 0 bridgehead atoms. The SMILES string of the molecule is CCC(C)(C)c1ccc(-c2ccc(-c3ccc(SC(C)C)cc3)cc2)cc1. The van der Waals surface area contributed by atoms with Crippen LogP contribution in [0.15, 0.2) is 77.7 Å². The van der Waals surface area contributed by atoms with Gasteiger partial charge in [0.15, 0.2) is 0 Å². The van der Waals surface area contributed by atoms with Crippen molar-refractivity contribution in [3.63, 3.8) is 0 Å². The molecule has 27 heavy (non-hydrogen) atoms. The van der Waals surface area contributed by atoms with Crippen molar-refractivity contribution in [1.82, 2.24) is 0 Å². The van der Waals surface area contributed by atoms with Crippen LogP contribution in [0.5, 0.6) is 0 Å². The second kappa shape index (κ2) is 8.35. The van der Waals surface area contributed by atoms with Crippen molar-refractivity contribution in [3.05, 3.63) is 78.4 Å². The maximum absolute atomic E-state index is 2.31. The predicted octanol–water partition coefficient (Wildman–Crippen LogP) is 8.21. The molecular formula is C26H30S. The molecule has 3 aromatic rings. The fourth-order valence-corrected chi connectivity index (χ4v) is 4.01. The minimum absolute atomic E-state index is 0.238. The molecule has 140 valence electrons. The lowest BCUT2D eigenvalue weighted by Crippen LogP contribution is -2.14. The largest absolute Gasteiger partial charge is 0.123 e. The van der Waals surface area contributed by atoms with E-state index in [2.05, 4.69) is 107 Å². The smallest absolute Gasteiger partial charge is 0.00749 e. The van der Waals surface area contributed by atoms with Crippen molar-refractivity contribution in [2.75, 3.05) is 0 Å². The molecule has 0 spiro atoms. The Labute approximate surface area is 169 Å². The van der Waals surface area contributed by atoms with Crippen molar-refractivity contribution in [2.45, 2.75) is 56.6 Å². The molecule has 0 nitrogen and oxygen atoms in total. The third-order valence-electron chi connectivity index (χ3n) is 5.33. The summed E-state index contributed by atoms with van der Waals surface area (Å²) in [4.78, 5) is 1.33. The lowest BCUT2D eigenvalue weighted by Gasteiger charge is -2.23. The molecule has 0 aliphatic rings. The molecule has 0 aliphatic heterocycles. The third-order valence-corrected chi connectivity index (χ3v) is 6.34. The zero-order valence-corrected chi connectivity index (χ0v) is 17.9. The van der Waals surface area contributed by atoms with Gasteiger partial charge < -0.3 is 0 Å². The van der Waals surface area contributed by atoms with Crippen molar-refractivity contribution >= 4 is 11.8 Å². The Morgan fingerprint density at radius 1 is 0.667 bits per heavy atom. The maximum atomic E-state index is 2.31. The first-order chi connectivity index (χ1) is 12.9. The molecule has 0 saturated carbocycles. The first-order valence-corrected chi connectivity index (χ1v) is 10.7. The molecule has 0 aliphatic carbocycles. The fourth-order valence-electron chi connectivity index (χ4n) is 3.17. The van der Waals surface area contributed by atoms with E-state index in [4.69, 9.17) is 0 Å². The van der Waals surface area contributed by atoms with Crippen LogP contribution < -0.4 is 0 Å². The summed E-state index contributed by atoms with van der Waals surface area (Å²) in [7, 11) is 0. The van der Waals surface area contributed by atoms with E-state index in [1.54, 1.807) is 0 Å². The number of rotatable bonds is 6. The quantitative estimate of drug-likeness (QED) is 0.392. The molecule has 0 radical (unpaired) electrons. The van der Waals surface area contributed by atoms with Gasteiger partial charge in [0.2, 0.25) is 0 Å².